The number of anilines is 1. The minimum Gasteiger partial charge on any atom is -0.465 e. The fraction of sp³-hybridized carbons (Fsp3) is 0.467. The average molecular weight is 357 g/mol. The van der Waals surface area contributed by atoms with Crippen LogP contribution in [0.3, 0.4) is 0 Å². The highest BCUT2D eigenvalue weighted by Gasteiger charge is 2.18. The van der Waals surface area contributed by atoms with E-state index in [1.807, 2.05) is 38.1 Å². The first-order chi connectivity index (χ1) is 9.93. The molecule has 0 aliphatic rings. The second-order valence-electron chi connectivity index (χ2n) is 4.83. The number of hydrogen-bond acceptors (Lipinski definition) is 4. The van der Waals surface area contributed by atoms with Crippen LogP contribution in [0.25, 0.3) is 0 Å². The number of hydrogen-bond donors (Lipinski definition) is 1. The van der Waals surface area contributed by atoms with Gasteiger partial charge < -0.3 is 10.1 Å². The van der Waals surface area contributed by atoms with Crippen LogP contribution in [0, 0.1) is 0 Å². The number of nitrogens with one attached hydrogen (secondary N) is 1. The third-order valence-corrected chi connectivity index (χ3v) is 3.55. The molecule has 0 aliphatic carbocycles. The van der Waals surface area contributed by atoms with Crippen LogP contribution in [0.1, 0.15) is 20.8 Å². The molecule has 0 saturated heterocycles. The van der Waals surface area contributed by atoms with Crippen LogP contribution in [0.2, 0.25) is 0 Å². The molecule has 0 radical (unpaired) electrons. The molecular weight excluding hydrogens is 336 g/mol. The van der Waals surface area contributed by atoms with E-state index >= 15 is 0 Å². The number of amides is 1. The Kier molecular flexibility index (Phi) is 7.39. The van der Waals surface area contributed by atoms with Crippen LogP contribution >= 0.6 is 15.9 Å². The number of carbonyl (C=O) groups excluding carboxylic acids is 2. The Bertz CT molecular complexity index is 492. The Labute approximate surface area is 133 Å². The highest BCUT2D eigenvalue weighted by Crippen LogP contribution is 2.21. The van der Waals surface area contributed by atoms with Crippen LogP contribution in [-0.4, -0.2) is 42.5 Å². The fourth-order valence-corrected chi connectivity index (χ4v) is 2.11. The highest BCUT2D eigenvalue weighted by molar-refractivity contribution is 9.10. The summed E-state index contributed by atoms with van der Waals surface area (Å²) in [7, 11) is 0. The van der Waals surface area contributed by atoms with Crippen LogP contribution < -0.4 is 5.32 Å². The molecule has 0 aliphatic heterocycles. The van der Waals surface area contributed by atoms with E-state index in [0.717, 1.165) is 4.47 Å². The monoisotopic (exact) mass is 356 g/mol. The van der Waals surface area contributed by atoms with E-state index < -0.39 is 0 Å². The predicted octanol–water partition coefficient (Wildman–Crippen LogP) is 2.66. The van der Waals surface area contributed by atoms with Gasteiger partial charge in [-0.3, -0.25) is 14.5 Å². The summed E-state index contributed by atoms with van der Waals surface area (Å²) in [6.45, 7) is 6.22. The minimum atomic E-state index is -0.320. The van der Waals surface area contributed by atoms with Gasteiger partial charge in [0.1, 0.15) is 0 Å². The maximum Gasteiger partial charge on any atom is 0.320 e. The lowest BCUT2D eigenvalue weighted by Crippen LogP contribution is -2.41. The van der Waals surface area contributed by atoms with Crippen molar-refractivity contribution in [1.82, 2.24) is 4.90 Å². The second kappa shape index (κ2) is 8.79. The molecule has 1 N–H and O–H groups in total. The first kappa shape index (κ1) is 17.7. The van der Waals surface area contributed by atoms with Crippen molar-refractivity contribution in [3.05, 3.63) is 28.7 Å². The molecule has 1 aromatic rings. The Hall–Kier alpha value is -1.40. The van der Waals surface area contributed by atoms with E-state index in [4.69, 9.17) is 4.74 Å². The Balaban J connectivity index is 2.60. The lowest BCUT2D eigenvalue weighted by atomic mass is 10.3. The molecule has 0 heterocycles. The quantitative estimate of drug-likeness (QED) is 0.763. The van der Waals surface area contributed by atoms with Gasteiger partial charge in [-0.25, -0.2) is 0 Å². The summed E-state index contributed by atoms with van der Waals surface area (Å²) < 4.78 is 5.74. The van der Waals surface area contributed by atoms with Crippen molar-refractivity contribution in [2.75, 3.05) is 25.0 Å². The van der Waals surface area contributed by atoms with E-state index in [2.05, 4.69) is 21.2 Å². The van der Waals surface area contributed by atoms with E-state index in [-0.39, 0.29) is 31.0 Å². The molecule has 1 amide bonds. The summed E-state index contributed by atoms with van der Waals surface area (Å²) in [6, 6.07) is 7.46. The predicted molar refractivity (Wildman–Crippen MR) is 86.1 cm³/mol. The molecule has 0 bridgehead atoms. The van der Waals surface area contributed by atoms with Gasteiger partial charge in [-0.15, -0.1) is 0 Å². The molecule has 1 aromatic carbocycles. The van der Waals surface area contributed by atoms with Crippen molar-refractivity contribution in [3.8, 4) is 0 Å². The van der Waals surface area contributed by atoms with Crippen molar-refractivity contribution in [2.24, 2.45) is 0 Å². The van der Waals surface area contributed by atoms with Gasteiger partial charge in [-0.05, 0) is 48.8 Å². The lowest BCUT2D eigenvalue weighted by molar-refractivity contribution is -0.145. The van der Waals surface area contributed by atoms with Gasteiger partial charge in [0.15, 0.2) is 0 Å². The third kappa shape index (κ3) is 6.27. The molecule has 6 heteroatoms. The molecular formula is C15H21BrN2O3. The number of ether oxygens (including phenoxy) is 1. The first-order valence-electron chi connectivity index (χ1n) is 6.88. The Morgan fingerprint density at radius 1 is 1.29 bits per heavy atom. The van der Waals surface area contributed by atoms with Crippen molar-refractivity contribution < 1.29 is 14.3 Å². The number of para-hydroxylation sites is 1. The van der Waals surface area contributed by atoms with Crippen molar-refractivity contribution >= 4 is 33.5 Å². The average Bonchev–Trinajstić information content (AvgIpc) is 2.41. The van der Waals surface area contributed by atoms with Gasteiger partial charge in [0, 0.05) is 10.5 Å². The van der Waals surface area contributed by atoms with Gasteiger partial charge in [0.05, 0.1) is 25.4 Å². The number of benzene rings is 1. The minimum absolute atomic E-state index is 0.0689. The van der Waals surface area contributed by atoms with Crippen LogP contribution in [-0.2, 0) is 14.3 Å². The van der Waals surface area contributed by atoms with Crippen molar-refractivity contribution in [1.29, 1.82) is 0 Å². The van der Waals surface area contributed by atoms with E-state index in [9.17, 15) is 9.59 Å². The number of carbonyl (C=O) groups is 2. The SMILES string of the molecule is CCOC(=O)CN(CC(=O)Nc1ccccc1Br)C(C)C. The molecule has 0 aromatic heterocycles. The van der Waals surface area contributed by atoms with Gasteiger partial charge in [-0.2, -0.15) is 0 Å². The molecule has 0 unspecified atom stereocenters. The van der Waals surface area contributed by atoms with Gasteiger partial charge in [0.2, 0.25) is 5.91 Å². The summed E-state index contributed by atoms with van der Waals surface area (Å²) in [6.07, 6.45) is 0. The number of halogens is 1. The highest BCUT2D eigenvalue weighted by atomic mass is 79.9. The maximum absolute atomic E-state index is 12.1. The number of esters is 1. The Morgan fingerprint density at radius 2 is 1.95 bits per heavy atom. The van der Waals surface area contributed by atoms with Crippen molar-refractivity contribution in [3.63, 3.8) is 0 Å². The van der Waals surface area contributed by atoms with E-state index in [0.29, 0.717) is 12.3 Å². The standard InChI is InChI=1S/C15H21BrN2O3/c1-4-21-15(20)10-18(11(2)3)9-14(19)17-13-8-6-5-7-12(13)16/h5-8,11H,4,9-10H2,1-3H3,(H,17,19). The Morgan fingerprint density at radius 3 is 2.52 bits per heavy atom. The summed E-state index contributed by atoms with van der Waals surface area (Å²) in [4.78, 5) is 25.4. The molecule has 0 fully saturated rings. The molecule has 0 atom stereocenters. The number of nitrogens with zero attached hydrogens (tertiary/aromatic N) is 1. The maximum atomic E-state index is 12.1. The molecule has 116 valence electrons. The normalized spacial score (nSPS) is 10.8. The van der Waals surface area contributed by atoms with Crippen LogP contribution in [0.4, 0.5) is 5.69 Å². The molecule has 1 rings (SSSR count). The van der Waals surface area contributed by atoms with Gasteiger partial charge >= 0.3 is 5.97 Å². The largest absolute Gasteiger partial charge is 0.465 e. The summed E-state index contributed by atoms with van der Waals surface area (Å²) >= 11 is 3.38. The molecule has 0 saturated carbocycles. The summed E-state index contributed by atoms with van der Waals surface area (Å²) in [5.74, 6) is -0.486. The van der Waals surface area contributed by atoms with E-state index in [1.54, 1.807) is 11.8 Å². The zero-order valence-electron chi connectivity index (χ0n) is 12.6. The fourth-order valence-electron chi connectivity index (χ4n) is 1.73. The topological polar surface area (TPSA) is 58.6 Å². The van der Waals surface area contributed by atoms with Gasteiger partial charge in [-0.1, -0.05) is 12.1 Å². The lowest BCUT2D eigenvalue weighted by Gasteiger charge is -2.24. The van der Waals surface area contributed by atoms with Crippen LogP contribution in [0.15, 0.2) is 28.7 Å². The molecule has 21 heavy (non-hydrogen) atoms. The van der Waals surface area contributed by atoms with Crippen LogP contribution in [0.5, 0.6) is 0 Å². The van der Waals surface area contributed by atoms with Gasteiger partial charge in [0.25, 0.3) is 0 Å². The molecule has 0 spiro atoms. The summed E-state index contributed by atoms with van der Waals surface area (Å²) in [5.41, 5.74) is 0.711. The van der Waals surface area contributed by atoms with Crippen molar-refractivity contribution in [2.45, 2.75) is 26.8 Å². The summed E-state index contributed by atoms with van der Waals surface area (Å²) in [5, 5.41) is 2.82. The second-order valence-corrected chi connectivity index (χ2v) is 5.69. The zero-order valence-corrected chi connectivity index (χ0v) is 14.1. The smallest absolute Gasteiger partial charge is 0.320 e. The van der Waals surface area contributed by atoms with E-state index in [1.165, 1.54) is 0 Å². The molecule has 5 nitrogen and oxygen atoms in total. The zero-order chi connectivity index (χ0) is 15.8. The number of rotatable bonds is 7. The first-order valence-corrected chi connectivity index (χ1v) is 7.67. The third-order valence-electron chi connectivity index (χ3n) is 2.86.